The van der Waals surface area contributed by atoms with Gasteiger partial charge in [0, 0.05) is 31.7 Å². The van der Waals surface area contributed by atoms with Crippen LogP contribution in [0.4, 0.5) is 0 Å². The molecular formula is C21H26N2O4S. The molecule has 2 aromatic rings. The molecule has 0 radical (unpaired) electrons. The van der Waals surface area contributed by atoms with Gasteiger partial charge >= 0.3 is 0 Å². The van der Waals surface area contributed by atoms with E-state index < -0.39 is 10.0 Å². The second-order valence-corrected chi connectivity index (χ2v) is 9.09. The van der Waals surface area contributed by atoms with Crippen molar-refractivity contribution in [2.75, 3.05) is 26.2 Å². The largest absolute Gasteiger partial charge is 0.491 e. The first kappa shape index (κ1) is 20.4. The Bertz CT molecular complexity index is 888. The molecule has 1 heterocycles. The molecule has 0 saturated carbocycles. The molecule has 1 aliphatic rings. The van der Waals surface area contributed by atoms with Gasteiger partial charge in [-0.3, -0.25) is 4.79 Å². The Balaban J connectivity index is 1.58. The average Bonchev–Trinajstić information content (AvgIpc) is 2.68. The van der Waals surface area contributed by atoms with Crippen LogP contribution in [-0.4, -0.2) is 55.8 Å². The number of carbonyl (C=O) groups is 1. The predicted octanol–water partition coefficient (Wildman–Crippen LogP) is 2.76. The summed E-state index contributed by atoms with van der Waals surface area (Å²) in [7, 11) is -3.39. The number of nitrogens with zero attached hydrogens (tertiary/aromatic N) is 2. The van der Waals surface area contributed by atoms with Crippen molar-refractivity contribution in [2.45, 2.75) is 25.7 Å². The number of benzene rings is 2. The molecule has 0 atom stereocenters. The number of hydrogen-bond acceptors (Lipinski definition) is 4. The van der Waals surface area contributed by atoms with Gasteiger partial charge in [-0.05, 0) is 43.7 Å². The van der Waals surface area contributed by atoms with Gasteiger partial charge in [0.05, 0.1) is 11.9 Å². The standard InChI is InChI=1S/C21H26N2O4S/c1-17(2)27-20-10-8-19(9-11-20)21(24)22-12-14-23(15-13-22)28(25,26)16-18-6-4-3-5-7-18/h3-11,17H,12-16H2,1-2H3. The Kier molecular flexibility index (Phi) is 6.36. The van der Waals surface area contributed by atoms with Crippen LogP contribution in [0.2, 0.25) is 0 Å². The molecule has 2 aromatic carbocycles. The fourth-order valence-electron chi connectivity index (χ4n) is 3.18. The van der Waals surface area contributed by atoms with Crippen LogP contribution in [0.15, 0.2) is 54.6 Å². The molecule has 1 fully saturated rings. The topological polar surface area (TPSA) is 66.9 Å². The van der Waals surface area contributed by atoms with Crippen LogP contribution in [0.3, 0.4) is 0 Å². The molecule has 28 heavy (non-hydrogen) atoms. The molecule has 1 saturated heterocycles. The van der Waals surface area contributed by atoms with Crippen LogP contribution in [0.5, 0.6) is 5.75 Å². The molecule has 7 heteroatoms. The minimum absolute atomic E-state index is 0.0148. The lowest BCUT2D eigenvalue weighted by Gasteiger charge is -2.34. The van der Waals surface area contributed by atoms with E-state index in [1.165, 1.54) is 4.31 Å². The van der Waals surface area contributed by atoms with Crippen LogP contribution >= 0.6 is 0 Å². The first-order chi connectivity index (χ1) is 13.3. The molecule has 6 nitrogen and oxygen atoms in total. The molecule has 0 bridgehead atoms. The number of amides is 1. The fraction of sp³-hybridized carbons (Fsp3) is 0.381. The van der Waals surface area contributed by atoms with Crippen molar-refractivity contribution in [3.63, 3.8) is 0 Å². The number of carbonyl (C=O) groups excluding carboxylic acids is 1. The normalized spacial score (nSPS) is 15.6. The summed E-state index contributed by atoms with van der Waals surface area (Å²) in [6, 6.07) is 16.2. The van der Waals surface area contributed by atoms with E-state index >= 15 is 0 Å². The Labute approximate surface area is 166 Å². The maximum atomic E-state index is 12.7. The summed E-state index contributed by atoms with van der Waals surface area (Å²) in [5, 5.41) is 0. The zero-order valence-corrected chi connectivity index (χ0v) is 17.1. The van der Waals surface area contributed by atoms with E-state index in [0.29, 0.717) is 31.7 Å². The van der Waals surface area contributed by atoms with Crippen LogP contribution in [-0.2, 0) is 15.8 Å². The summed E-state index contributed by atoms with van der Waals surface area (Å²) in [5.74, 6) is 0.624. The highest BCUT2D eigenvalue weighted by molar-refractivity contribution is 7.88. The van der Waals surface area contributed by atoms with E-state index in [2.05, 4.69) is 0 Å². The van der Waals surface area contributed by atoms with Crippen LogP contribution in [0, 0.1) is 0 Å². The van der Waals surface area contributed by atoms with Crippen LogP contribution in [0.25, 0.3) is 0 Å². The highest BCUT2D eigenvalue weighted by Gasteiger charge is 2.29. The summed E-state index contributed by atoms with van der Waals surface area (Å²) in [5.41, 5.74) is 1.35. The Morgan fingerprint density at radius 3 is 2.14 bits per heavy atom. The highest BCUT2D eigenvalue weighted by atomic mass is 32.2. The van der Waals surface area contributed by atoms with Gasteiger partial charge in [-0.15, -0.1) is 0 Å². The van der Waals surface area contributed by atoms with E-state index in [4.69, 9.17) is 4.74 Å². The summed E-state index contributed by atoms with van der Waals surface area (Å²) in [6.07, 6.45) is 0.0764. The van der Waals surface area contributed by atoms with E-state index in [1.54, 1.807) is 29.2 Å². The third-order valence-electron chi connectivity index (χ3n) is 4.58. The number of ether oxygens (including phenoxy) is 1. The molecule has 1 aliphatic heterocycles. The molecule has 3 rings (SSSR count). The summed E-state index contributed by atoms with van der Waals surface area (Å²) in [4.78, 5) is 14.4. The van der Waals surface area contributed by atoms with Crippen molar-refractivity contribution >= 4 is 15.9 Å². The van der Waals surface area contributed by atoms with Crippen molar-refractivity contribution in [2.24, 2.45) is 0 Å². The lowest BCUT2D eigenvalue weighted by molar-refractivity contribution is 0.0697. The first-order valence-electron chi connectivity index (χ1n) is 9.43. The first-order valence-corrected chi connectivity index (χ1v) is 11.0. The van der Waals surface area contributed by atoms with Crippen molar-refractivity contribution in [3.05, 3.63) is 65.7 Å². The number of hydrogen-bond donors (Lipinski definition) is 0. The van der Waals surface area contributed by atoms with Crippen LogP contribution in [0.1, 0.15) is 29.8 Å². The molecule has 0 N–H and O–H groups in total. The summed E-state index contributed by atoms with van der Waals surface area (Å²) in [6.45, 7) is 5.30. The van der Waals surface area contributed by atoms with Crippen molar-refractivity contribution < 1.29 is 17.9 Å². The van der Waals surface area contributed by atoms with E-state index in [0.717, 1.165) is 11.3 Å². The Morgan fingerprint density at radius 2 is 1.57 bits per heavy atom. The molecular weight excluding hydrogens is 376 g/mol. The second kappa shape index (κ2) is 8.75. The third kappa shape index (κ3) is 5.11. The van der Waals surface area contributed by atoms with Crippen molar-refractivity contribution in [1.29, 1.82) is 0 Å². The molecule has 0 aromatic heterocycles. The predicted molar refractivity (Wildman–Crippen MR) is 109 cm³/mol. The summed E-state index contributed by atoms with van der Waals surface area (Å²) < 4.78 is 32.3. The van der Waals surface area contributed by atoms with E-state index in [-0.39, 0.29) is 17.8 Å². The zero-order chi connectivity index (χ0) is 20.1. The quantitative estimate of drug-likeness (QED) is 0.745. The summed E-state index contributed by atoms with van der Waals surface area (Å²) >= 11 is 0. The zero-order valence-electron chi connectivity index (χ0n) is 16.2. The minimum Gasteiger partial charge on any atom is -0.491 e. The van der Waals surface area contributed by atoms with Gasteiger partial charge < -0.3 is 9.64 Å². The lowest BCUT2D eigenvalue weighted by atomic mass is 10.2. The number of piperazine rings is 1. The van der Waals surface area contributed by atoms with Gasteiger partial charge in [-0.1, -0.05) is 30.3 Å². The maximum absolute atomic E-state index is 12.7. The molecule has 0 spiro atoms. The number of sulfonamides is 1. The number of rotatable bonds is 6. The SMILES string of the molecule is CC(C)Oc1ccc(C(=O)N2CCN(S(=O)(=O)Cc3ccccc3)CC2)cc1. The monoisotopic (exact) mass is 402 g/mol. The van der Waals surface area contributed by atoms with Gasteiger partial charge in [-0.2, -0.15) is 4.31 Å². The third-order valence-corrected chi connectivity index (χ3v) is 6.43. The molecule has 0 unspecified atom stereocenters. The Hall–Kier alpha value is -2.38. The van der Waals surface area contributed by atoms with Gasteiger partial charge in [0.2, 0.25) is 10.0 Å². The maximum Gasteiger partial charge on any atom is 0.253 e. The smallest absolute Gasteiger partial charge is 0.253 e. The van der Waals surface area contributed by atoms with Gasteiger partial charge in [0.25, 0.3) is 5.91 Å². The average molecular weight is 403 g/mol. The molecule has 150 valence electrons. The lowest BCUT2D eigenvalue weighted by Crippen LogP contribution is -2.50. The molecule has 1 amide bonds. The van der Waals surface area contributed by atoms with Gasteiger partial charge in [0.1, 0.15) is 5.75 Å². The highest BCUT2D eigenvalue weighted by Crippen LogP contribution is 2.18. The van der Waals surface area contributed by atoms with Gasteiger partial charge in [-0.25, -0.2) is 8.42 Å². The van der Waals surface area contributed by atoms with Crippen LogP contribution < -0.4 is 4.74 Å². The molecule has 0 aliphatic carbocycles. The fourth-order valence-corrected chi connectivity index (χ4v) is 4.69. The van der Waals surface area contributed by atoms with E-state index in [1.807, 2.05) is 44.2 Å². The van der Waals surface area contributed by atoms with E-state index in [9.17, 15) is 13.2 Å². The van der Waals surface area contributed by atoms with Crippen molar-refractivity contribution in [3.8, 4) is 5.75 Å². The minimum atomic E-state index is -3.39. The second-order valence-electron chi connectivity index (χ2n) is 7.12. The Morgan fingerprint density at radius 1 is 0.964 bits per heavy atom. The van der Waals surface area contributed by atoms with Crippen molar-refractivity contribution in [1.82, 2.24) is 9.21 Å². The van der Waals surface area contributed by atoms with Gasteiger partial charge in [0.15, 0.2) is 0 Å².